The first-order valence-corrected chi connectivity index (χ1v) is 14.9. The molecule has 1 N–H and O–H groups in total. The number of hydrogen-bond acceptors (Lipinski definition) is 2. The number of nitrogens with one attached hydrogen (secondary N) is 1. The van der Waals surface area contributed by atoms with Crippen LogP contribution in [0, 0.1) is 5.41 Å². The zero-order valence-electron chi connectivity index (χ0n) is 21.8. The van der Waals surface area contributed by atoms with Crippen LogP contribution in [-0.4, -0.2) is 5.45 Å². The van der Waals surface area contributed by atoms with Gasteiger partial charge in [-0.15, -0.1) is 5.10 Å². The Kier molecular flexibility index (Phi) is 6.22. The molecule has 0 aromatic heterocycles. The van der Waals surface area contributed by atoms with Gasteiger partial charge in [-0.1, -0.05) is 115 Å². The van der Waals surface area contributed by atoms with Crippen LogP contribution in [0.25, 0.3) is 0 Å². The molecule has 1 heterocycles. The van der Waals surface area contributed by atoms with Crippen molar-refractivity contribution in [2.24, 2.45) is 10.5 Å². The van der Waals surface area contributed by atoms with E-state index in [1.165, 1.54) is 32.5 Å². The predicted octanol–water partition coefficient (Wildman–Crippen LogP) is 6.87. The van der Waals surface area contributed by atoms with Crippen LogP contribution in [0.3, 0.4) is 0 Å². The van der Waals surface area contributed by atoms with Crippen molar-refractivity contribution in [1.82, 2.24) is 5.43 Å². The van der Waals surface area contributed by atoms with E-state index in [4.69, 9.17) is 5.10 Å². The average Bonchev–Trinajstić information content (AvgIpc) is 3.27. The van der Waals surface area contributed by atoms with E-state index in [1.807, 2.05) is 0 Å². The fraction of sp³-hybridized carbons (Fsp3) is 0.114. The summed E-state index contributed by atoms with van der Waals surface area (Å²) in [7, 11) is -2.36. The molecule has 0 saturated heterocycles. The van der Waals surface area contributed by atoms with Gasteiger partial charge in [-0.3, -0.25) is 5.43 Å². The molecule has 3 heteroatoms. The van der Waals surface area contributed by atoms with Gasteiger partial charge in [0, 0.05) is 0 Å². The highest BCUT2D eigenvalue weighted by molar-refractivity contribution is 8.08. The molecule has 5 aromatic carbocycles. The fourth-order valence-corrected chi connectivity index (χ4v) is 10.9. The molecule has 5 aromatic rings. The van der Waals surface area contributed by atoms with Crippen molar-refractivity contribution >= 4 is 28.6 Å². The van der Waals surface area contributed by atoms with Crippen LogP contribution < -0.4 is 21.3 Å². The predicted molar refractivity (Wildman–Crippen MR) is 163 cm³/mol. The van der Waals surface area contributed by atoms with E-state index in [0.717, 1.165) is 0 Å². The topological polar surface area (TPSA) is 24.4 Å². The van der Waals surface area contributed by atoms with Crippen LogP contribution in [-0.2, 0) is 5.54 Å². The highest BCUT2D eigenvalue weighted by Crippen LogP contribution is 2.66. The maximum Gasteiger partial charge on any atom is 0.200 e. The van der Waals surface area contributed by atoms with Crippen molar-refractivity contribution in [2.45, 2.75) is 19.4 Å². The van der Waals surface area contributed by atoms with Gasteiger partial charge in [-0.05, 0) is 61.4 Å². The van der Waals surface area contributed by atoms with Crippen LogP contribution in [0.1, 0.15) is 25.0 Å². The van der Waals surface area contributed by atoms with Crippen LogP contribution in [0.5, 0.6) is 0 Å². The number of hydrazone groups is 1. The summed E-state index contributed by atoms with van der Waals surface area (Å²) >= 11 is 0. The van der Waals surface area contributed by atoms with Crippen LogP contribution in [0.4, 0.5) is 0 Å². The van der Waals surface area contributed by atoms with Crippen molar-refractivity contribution < 1.29 is 0 Å². The first-order chi connectivity index (χ1) is 18.6. The minimum absolute atomic E-state index is 0.384. The summed E-state index contributed by atoms with van der Waals surface area (Å²) in [5.74, 6) is 0. The smallest absolute Gasteiger partial charge is 0.200 e. The molecule has 6 rings (SSSR count). The molecule has 0 radical (unpaired) electrons. The molecule has 0 amide bonds. The van der Waals surface area contributed by atoms with Crippen molar-refractivity contribution in [2.75, 3.05) is 0 Å². The van der Waals surface area contributed by atoms with Gasteiger partial charge < -0.3 is 0 Å². The van der Waals surface area contributed by atoms with E-state index >= 15 is 0 Å². The second-order valence-corrected chi connectivity index (χ2v) is 13.6. The molecular formula is C35H32N2P+. The Hall–Kier alpha value is -4.00. The molecule has 0 saturated carbocycles. The van der Waals surface area contributed by atoms with Gasteiger partial charge in [0.05, 0.1) is 5.41 Å². The summed E-state index contributed by atoms with van der Waals surface area (Å²) in [5.41, 5.74) is 6.47. The van der Waals surface area contributed by atoms with E-state index in [2.05, 4.69) is 171 Å². The maximum atomic E-state index is 5.41. The molecular weight excluding hydrogens is 479 g/mol. The van der Waals surface area contributed by atoms with Crippen molar-refractivity contribution in [3.05, 3.63) is 163 Å². The Morgan fingerprint density at radius 3 is 1.13 bits per heavy atom. The minimum Gasteiger partial charge on any atom is -0.290 e. The summed E-state index contributed by atoms with van der Waals surface area (Å²) in [4.78, 5) is 0. The Bertz CT molecular complexity index is 1390. The van der Waals surface area contributed by atoms with Gasteiger partial charge in [-0.25, -0.2) is 0 Å². The summed E-state index contributed by atoms with van der Waals surface area (Å²) in [6, 6.07) is 54.6. The summed E-state index contributed by atoms with van der Waals surface area (Å²) in [6.07, 6.45) is 0. The van der Waals surface area contributed by atoms with E-state index in [9.17, 15) is 0 Å². The molecule has 0 spiro atoms. The zero-order valence-corrected chi connectivity index (χ0v) is 22.7. The lowest BCUT2D eigenvalue weighted by molar-refractivity contribution is 0.274. The van der Waals surface area contributed by atoms with Gasteiger partial charge in [0.2, 0.25) is 5.45 Å². The number of hydrogen-bond donors (Lipinski definition) is 1. The molecule has 1 aliphatic heterocycles. The maximum absolute atomic E-state index is 5.41. The largest absolute Gasteiger partial charge is 0.290 e. The Labute approximate surface area is 226 Å². The molecule has 0 aliphatic carbocycles. The van der Waals surface area contributed by atoms with Gasteiger partial charge in [0.15, 0.2) is 7.26 Å². The number of nitrogens with zero attached hydrogens (tertiary/aromatic N) is 1. The Morgan fingerprint density at radius 2 is 0.789 bits per heavy atom. The third-order valence-corrected chi connectivity index (χ3v) is 12.5. The van der Waals surface area contributed by atoms with Gasteiger partial charge >= 0.3 is 0 Å². The van der Waals surface area contributed by atoms with E-state index < -0.39 is 12.8 Å². The van der Waals surface area contributed by atoms with Gasteiger partial charge in [-0.2, -0.15) is 0 Å². The summed E-state index contributed by atoms with van der Waals surface area (Å²) in [5, 5.41) is 9.34. The Morgan fingerprint density at radius 1 is 0.474 bits per heavy atom. The second kappa shape index (κ2) is 9.71. The molecule has 38 heavy (non-hydrogen) atoms. The number of benzene rings is 5. The molecule has 186 valence electrons. The highest BCUT2D eigenvalue weighted by Gasteiger charge is 2.66. The lowest BCUT2D eigenvalue weighted by atomic mass is 9.66. The Balaban J connectivity index is 1.70. The van der Waals surface area contributed by atoms with Crippen molar-refractivity contribution in [3.8, 4) is 0 Å². The first-order valence-electron chi connectivity index (χ1n) is 13.1. The molecule has 0 unspecified atom stereocenters. The van der Waals surface area contributed by atoms with Crippen molar-refractivity contribution in [1.29, 1.82) is 0 Å². The van der Waals surface area contributed by atoms with Crippen LogP contribution in [0.2, 0.25) is 0 Å². The van der Waals surface area contributed by atoms with Gasteiger partial charge in [0.25, 0.3) is 0 Å². The quantitative estimate of drug-likeness (QED) is 0.247. The van der Waals surface area contributed by atoms with Gasteiger partial charge in [0.1, 0.15) is 21.5 Å². The SMILES string of the molecule is CC1(C)C([P+](c2ccccc2)(c2ccccc2)c2ccccc2)=NNC1(c1ccccc1)c1ccccc1. The van der Waals surface area contributed by atoms with E-state index in [0.29, 0.717) is 0 Å². The molecule has 0 atom stereocenters. The lowest BCUT2D eigenvalue weighted by Crippen LogP contribution is -2.52. The number of rotatable bonds is 6. The highest BCUT2D eigenvalue weighted by atomic mass is 31.2. The molecule has 0 fully saturated rings. The second-order valence-electron chi connectivity index (χ2n) is 10.3. The first kappa shape index (κ1) is 24.3. The van der Waals surface area contributed by atoms with Crippen LogP contribution >= 0.6 is 7.26 Å². The normalized spacial score (nSPS) is 15.9. The van der Waals surface area contributed by atoms with Crippen molar-refractivity contribution in [3.63, 3.8) is 0 Å². The van der Waals surface area contributed by atoms with E-state index in [-0.39, 0.29) is 5.41 Å². The monoisotopic (exact) mass is 511 g/mol. The molecule has 1 aliphatic rings. The third kappa shape index (κ3) is 3.56. The molecule has 2 nitrogen and oxygen atoms in total. The summed E-state index contributed by atoms with van der Waals surface area (Å²) in [6.45, 7) is 4.74. The zero-order chi connectivity index (χ0) is 26.1. The molecule has 0 bridgehead atoms. The average molecular weight is 512 g/mol. The minimum atomic E-state index is -2.36. The standard InChI is InChI=1S/C35H32N2P/c1-34(2)33(36-37-35(34,28-18-8-3-9-19-28)29-20-10-4-11-21-29)38(30-22-12-5-13-23-30,31-24-14-6-15-25-31)32-26-16-7-17-27-32/h3-27,37H,1-2H3/q+1. The summed E-state index contributed by atoms with van der Waals surface area (Å²) < 4.78 is 0. The third-order valence-electron chi connectivity index (χ3n) is 7.99. The fourth-order valence-electron chi connectivity index (χ4n) is 6.24. The van der Waals surface area contributed by atoms with Crippen LogP contribution in [0.15, 0.2) is 157 Å². The van der Waals surface area contributed by atoms with E-state index in [1.54, 1.807) is 0 Å². The lowest BCUT2D eigenvalue weighted by Gasteiger charge is -2.43.